The Morgan fingerprint density at radius 1 is 1.19 bits per heavy atom. The van der Waals surface area contributed by atoms with Crippen molar-refractivity contribution >= 4 is 17.3 Å². The zero-order valence-corrected chi connectivity index (χ0v) is 15.1. The first-order chi connectivity index (χ1) is 12.6. The summed E-state index contributed by atoms with van der Waals surface area (Å²) in [5.41, 5.74) is 2.02. The van der Waals surface area contributed by atoms with Gasteiger partial charge in [-0.3, -0.25) is 0 Å². The molecular weight excluding hydrogens is 356 g/mol. The van der Waals surface area contributed by atoms with Crippen LogP contribution >= 0.6 is 11.3 Å². The molecule has 0 spiro atoms. The molecule has 0 saturated carbocycles. The Morgan fingerprint density at radius 2 is 2.00 bits per heavy atom. The monoisotopic (exact) mass is 372 g/mol. The lowest BCUT2D eigenvalue weighted by Crippen LogP contribution is -2.15. The van der Waals surface area contributed by atoms with E-state index in [1.54, 1.807) is 13.0 Å². The molecule has 3 heterocycles. The van der Waals surface area contributed by atoms with Gasteiger partial charge < -0.3 is 18.7 Å². The van der Waals surface area contributed by atoms with Gasteiger partial charge in [0.25, 0.3) is 0 Å². The SMILES string of the molecule is Cc1nc(C)c(C(=O)OCc2cc(-c3ccc4c(c3)OCCO4)on2)s1. The molecule has 0 bridgehead atoms. The molecule has 0 saturated heterocycles. The van der Waals surface area contributed by atoms with Crippen LogP contribution in [0.25, 0.3) is 11.3 Å². The Hall–Kier alpha value is -2.87. The minimum absolute atomic E-state index is 0.0310. The summed E-state index contributed by atoms with van der Waals surface area (Å²) in [6.45, 7) is 4.73. The van der Waals surface area contributed by atoms with Crippen molar-refractivity contribution in [1.29, 1.82) is 0 Å². The molecule has 0 fully saturated rings. The summed E-state index contributed by atoms with van der Waals surface area (Å²) in [6, 6.07) is 7.28. The van der Waals surface area contributed by atoms with Gasteiger partial charge in [0.15, 0.2) is 17.3 Å². The number of aryl methyl sites for hydroxylation is 2. The number of ether oxygens (including phenoxy) is 3. The molecule has 7 nitrogen and oxygen atoms in total. The van der Waals surface area contributed by atoms with E-state index in [0.29, 0.717) is 46.7 Å². The van der Waals surface area contributed by atoms with Gasteiger partial charge in [-0.05, 0) is 32.0 Å². The number of benzene rings is 1. The fourth-order valence-corrected chi connectivity index (χ4v) is 3.45. The van der Waals surface area contributed by atoms with E-state index in [2.05, 4.69) is 10.1 Å². The molecule has 0 unspecified atom stereocenters. The first-order valence-electron chi connectivity index (χ1n) is 8.07. The van der Waals surface area contributed by atoms with Crippen molar-refractivity contribution in [2.45, 2.75) is 20.5 Å². The lowest BCUT2D eigenvalue weighted by atomic mass is 10.1. The summed E-state index contributed by atoms with van der Waals surface area (Å²) in [7, 11) is 0. The van der Waals surface area contributed by atoms with E-state index in [0.717, 1.165) is 10.6 Å². The molecule has 1 aliphatic rings. The summed E-state index contributed by atoms with van der Waals surface area (Å²) in [5, 5.41) is 4.79. The van der Waals surface area contributed by atoms with E-state index in [-0.39, 0.29) is 6.61 Å². The quantitative estimate of drug-likeness (QED) is 0.648. The molecule has 0 radical (unpaired) electrons. The first-order valence-corrected chi connectivity index (χ1v) is 8.88. The third kappa shape index (κ3) is 3.28. The van der Waals surface area contributed by atoms with Gasteiger partial charge in [-0.2, -0.15) is 0 Å². The van der Waals surface area contributed by atoms with E-state index in [1.807, 2.05) is 25.1 Å². The predicted octanol–water partition coefficient (Wildman–Crippen LogP) is 3.54. The smallest absolute Gasteiger partial charge is 0.350 e. The van der Waals surface area contributed by atoms with E-state index in [4.69, 9.17) is 18.7 Å². The maximum Gasteiger partial charge on any atom is 0.350 e. The average molecular weight is 372 g/mol. The van der Waals surface area contributed by atoms with Gasteiger partial charge in [0.1, 0.15) is 30.4 Å². The minimum atomic E-state index is -0.406. The third-order valence-electron chi connectivity index (χ3n) is 3.83. The second kappa shape index (κ2) is 6.80. The van der Waals surface area contributed by atoms with Gasteiger partial charge in [0, 0.05) is 11.6 Å². The molecule has 0 amide bonds. The molecule has 4 rings (SSSR count). The highest BCUT2D eigenvalue weighted by molar-refractivity contribution is 7.13. The molecule has 134 valence electrons. The molecule has 0 atom stereocenters. The van der Waals surface area contributed by atoms with Crippen LogP contribution < -0.4 is 9.47 Å². The van der Waals surface area contributed by atoms with Crippen LogP contribution in [0.4, 0.5) is 0 Å². The fraction of sp³-hybridized carbons (Fsp3) is 0.278. The highest BCUT2D eigenvalue weighted by Gasteiger charge is 2.18. The molecule has 0 N–H and O–H groups in total. The summed E-state index contributed by atoms with van der Waals surface area (Å²) in [6.07, 6.45) is 0. The van der Waals surface area contributed by atoms with Crippen LogP contribution in [-0.2, 0) is 11.3 Å². The topological polar surface area (TPSA) is 83.7 Å². The van der Waals surface area contributed by atoms with E-state index in [1.165, 1.54) is 11.3 Å². The number of hydrogen-bond donors (Lipinski definition) is 0. The van der Waals surface area contributed by atoms with Crippen LogP contribution in [-0.4, -0.2) is 29.3 Å². The van der Waals surface area contributed by atoms with Crippen LogP contribution in [0.2, 0.25) is 0 Å². The average Bonchev–Trinajstić information content (AvgIpc) is 3.25. The van der Waals surface area contributed by atoms with Crippen molar-refractivity contribution in [1.82, 2.24) is 10.1 Å². The number of thiazole rings is 1. The molecule has 0 aliphatic carbocycles. The molecule has 3 aromatic rings. The fourth-order valence-electron chi connectivity index (χ4n) is 2.64. The van der Waals surface area contributed by atoms with Gasteiger partial charge in [0.2, 0.25) is 0 Å². The number of rotatable bonds is 4. The van der Waals surface area contributed by atoms with Gasteiger partial charge in [-0.25, -0.2) is 9.78 Å². The Bertz CT molecular complexity index is 962. The van der Waals surface area contributed by atoms with Crippen LogP contribution in [0.3, 0.4) is 0 Å². The van der Waals surface area contributed by atoms with Crippen molar-refractivity contribution in [3.05, 3.63) is 45.5 Å². The van der Waals surface area contributed by atoms with Crippen LogP contribution in [0.1, 0.15) is 26.1 Å². The number of carbonyl (C=O) groups is 1. The number of aromatic nitrogens is 2. The molecule has 26 heavy (non-hydrogen) atoms. The summed E-state index contributed by atoms with van der Waals surface area (Å²) >= 11 is 1.32. The Kier molecular flexibility index (Phi) is 4.34. The zero-order valence-electron chi connectivity index (χ0n) is 14.3. The maximum absolute atomic E-state index is 12.1. The first kappa shape index (κ1) is 16.6. The zero-order chi connectivity index (χ0) is 18.1. The van der Waals surface area contributed by atoms with Gasteiger partial charge >= 0.3 is 5.97 Å². The minimum Gasteiger partial charge on any atom is -0.486 e. The van der Waals surface area contributed by atoms with Crippen LogP contribution in [0.15, 0.2) is 28.8 Å². The highest BCUT2D eigenvalue weighted by Crippen LogP contribution is 2.34. The predicted molar refractivity (Wildman–Crippen MR) is 93.6 cm³/mol. The number of nitrogens with zero attached hydrogens (tertiary/aromatic N) is 2. The third-order valence-corrected chi connectivity index (χ3v) is 4.88. The van der Waals surface area contributed by atoms with Crippen LogP contribution in [0, 0.1) is 13.8 Å². The number of carbonyl (C=O) groups excluding carboxylic acids is 1. The normalized spacial score (nSPS) is 12.8. The second-order valence-corrected chi connectivity index (χ2v) is 6.97. The molecule has 1 aromatic carbocycles. The van der Waals surface area contributed by atoms with E-state index >= 15 is 0 Å². The Morgan fingerprint density at radius 3 is 2.77 bits per heavy atom. The van der Waals surface area contributed by atoms with E-state index < -0.39 is 5.97 Å². The Labute approximate surface area is 153 Å². The summed E-state index contributed by atoms with van der Waals surface area (Å²) in [4.78, 5) is 16.9. The van der Waals surface area contributed by atoms with Crippen molar-refractivity contribution < 1.29 is 23.5 Å². The maximum atomic E-state index is 12.1. The van der Waals surface area contributed by atoms with Gasteiger partial charge in [-0.1, -0.05) is 5.16 Å². The van der Waals surface area contributed by atoms with Crippen molar-refractivity contribution in [3.8, 4) is 22.8 Å². The lowest BCUT2D eigenvalue weighted by molar-refractivity contribution is 0.0469. The lowest BCUT2D eigenvalue weighted by Gasteiger charge is -2.18. The van der Waals surface area contributed by atoms with Crippen molar-refractivity contribution in [2.75, 3.05) is 13.2 Å². The largest absolute Gasteiger partial charge is 0.486 e. The Balaban J connectivity index is 1.45. The number of esters is 1. The molecule has 8 heteroatoms. The summed E-state index contributed by atoms with van der Waals surface area (Å²) < 4.78 is 21.7. The van der Waals surface area contributed by atoms with Crippen molar-refractivity contribution in [2.24, 2.45) is 0 Å². The number of fused-ring (bicyclic) bond motifs is 1. The van der Waals surface area contributed by atoms with E-state index in [9.17, 15) is 4.79 Å². The highest BCUT2D eigenvalue weighted by atomic mass is 32.1. The summed E-state index contributed by atoms with van der Waals surface area (Å²) in [5.74, 6) is 1.55. The molecule has 2 aromatic heterocycles. The van der Waals surface area contributed by atoms with Gasteiger partial charge in [-0.15, -0.1) is 11.3 Å². The standard InChI is InChI=1S/C18H16N2O5S/c1-10-17(26-11(2)19-10)18(21)24-9-13-8-15(25-20-13)12-3-4-14-16(7-12)23-6-5-22-14/h3-4,7-8H,5-6,9H2,1-2H3. The van der Waals surface area contributed by atoms with Crippen LogP contribution in [0.5, 0.6) is 11.5 Å². The van der Waals surface area contributed by atoms with Crippen molar-refractivity contribution in [3.63, 3.8) is 0 Å². The second-order valence-electron chi connectivity index (χ2n) is 5.76. The molecule has 1 aliphatic heterocycles. The number of hydrogen-bond acceptors (Lipinski definition) is 8. The molecular formula is C18H16N2O5S. The van der Waals surface area contributed by atoms with Gasteiger partial charge in [0.05, 0.1) is 10.7 Å².